The highest BCUT2D eigenvalue weighted by molar-refractivity contribution is 5.91. The first-order valence-corrected chi connectivity index (χ1v) is 8.55. The number of carbonyl (C=O) groups excluding carboxylic acids is 1. The van der Waals surface area contributed by atoms with E-state index in [1.54, 1.807) is 16.7 Å². The fourth-order valence-electron chi connectivity index (χ4n) is 4.37. The summed E-state index contributed by atoms with van der Waals surface area (Å²) >= 11 is 0. The minimum atomic E-state index is -0.225. The molecule has 1 unspecified atom stereocenters. The summed E-state index contributed by atoms with van der Waals surface area (Å²) in [6, 6.07) is 12.5. The van der Waals surface area contributed by atoms with Crippen molar-refractivity contribution in [3.63, 3.8) is 0 Å². The molecule has 0 heterocycles. The Labute approximate surface area is 137 Å². The van der Waals surface area contributed by atoms with Crippen molar-refractivity contribution in [2.45, 2.75) is 38.5 Å². The van der Waals surface area contributed by atoms with Crippen molar-refractivity contribution in [2.24, 2.45) is 5.92 Å². The highest BCUT2D eigenvalue weighted by Gasteiger charge is 2.27. The molecule has 2 aromatic rings. The second-order valence-electron chi connectivity index (χ2n) is 6.82. The third kappa shape index (κ3) is 2.56. The Bertz CT molecular complexity index is 760. The number of esters is 1. The van der Waals surface area contributed by atoms with Crippen LogP contribution in [0.5, 0.6) is 0 Å². The lowest BCUT2D eigenvalue weighted by atomic mass is 9.93. The molecule has 0 bridgehead atoms. The Morgan fingerprint density at radius 2 is 1.87 bits per heavy atom. The highest BCUT2D eigenvalue weighted by Crippen LogP contribution is 2.36. The van der Waals surface area contributed by atoms with Crippen LogP contribution < -0.4 is 0 Å². The van der Waals surface area contributed by atoms with E-state index in [0.29, 0.717) is 5.92 Å². The topological polar surface area (TPSA) is 26.3 Å². The van der Waals surface area contributed by atoms with Crippen LogP contribution in [0.4, 0.5) is 0 Å². The number of fused-ring (bicyclic) bond motifs is 3. The maximum absolute atomic E-state index is 12.0. The molecule has 2 aliphatic carbocycles. The van der Waals surface area contributed by atoms with Crippen molar-refractivity contribution < 1.29 is 9.53 Å². The summed E-state index contributed by atoms with van der Waals surface area (Å²) in [6.07, 6.45) is 7.06. The Morgan fingerprint density at radius 3 is 2.74 bits per heavy atom. The van der Waals surface area contributed by atoms with Gasteiger partial charge in [0.2, 0.25) is 0 Å². The average Bonchev–Trinajstić information content (AvgIpc) is 3.19. The number of rotatable bonds is 3. The SMILES string of the molecule is COC(=O)c1ccccc1CC1Cc2ccc3c(c2C1)CCC3. The Kier molecular flexibility index (Phi) is 3.68. The maximum Gasteiger partial charge on any atom is 0.338 e. The van der Waals surface area contributed by atoms with E-state index in [1.165, 1.54) is 31.9 Å². The molecule has 0 aromatic heterocycles. The summed E-state index contributed by atoms with van der Waals surface area (Å²) in [5, 5.41) is 0. The minimum absolute atomic E-state index is 0.225. The first-order valence-electron chi connectivity index (χ1n) is 8.55. The lowest BCUT2D eigenvalue weighted by molar-refractivity contribution is 0.0599. The number of hydrogen-bond acceptors (Lipinski definition) is 2. The number of benzene rings is 2. The third-order valence-electron chi connectivity index (χ3n) is 5.43. The summed E-state index contributed by atoms with van der Waals surface area (Å²) in [7, 11) is 1.45. The second kappa shape index (κ2) is 5.84. The van der Waals surface area contributed by atoms with Crippen LogP contribution in [0.2, 0.25) is 0 Å². The molecule has 2 heteroatoms. The van der Waals surface area contributed by atoms with E-state index in [0.717, 1.165) is 30.4 Å². The van der Waals surface area contributed by atoms with E-state index in [1.807, 2.05) is 18.2 Å². The third-order valence-corrected chi connectivity index (χ3v) is 5.43. The summed E-state index contributed by atoms with van der Waals surface area (Å²) in [5.74, 6) is 0.375. The summed E-state index contributed by atoms with van der Waals surface area (Å²) in [5.41, 5.74) is 8.18. The smallest absolute Gasteiger partial charge is 0.338 e. The van der Waals surface area contributed by atoms with Crippen molar-refractivity contribution in [3.05, 3.63) is 69.8 Å². The maximum atomic E-state index is 12.0. The number of methoxy groups -OCH3 is 1. The fraction of sp³-hybridized carbons (Fsp3) is 0.381. The van der Waals surface area contributed by atoms with E-state index >= 15 is 0 Å². The van der Waals surface area contributed by atoms with Gasteiger partial charge in [0.05, 0.1) is 12.7 Å². The van der Waals surface area contributed by atoms with Gasteiger partial charge in [-0.15, -0.1) is 0 Å². The number of ether oxygens (including phenoxy) is 1. The van der Waals surface area contributed by atoms with Gasteiger partial charge in [-0.3, -0.25) is 0 Å². The van der Waals surface area contributed by atoms with Crippen LogP contribution >= 0.6 is 0 Å². The van der Waals surface area contributed by atoms with Gasteiger partial charge in [-0.25, -0.2) is 4.79 Å². The zero-order chi connectivity index (χ0) is 15.8. The van der Waals surface area contributed by atoms with Crippen molar-refractivity contribution in [1.29, 1.82) is 0 Å². The van der Waals surface area contributed by atoms with Crippen LogP contribution in [0.15, 0.2) is 36.4 Å². The van der Waals surface area contributed by atoms with Crippen LogP contribution in [0, 0.1) is 5.92 Å². The van der Waals surface area contributed by atoms with E-state index in [2.05, 4.69) is 18.2 Å². The fourth-order valence-corrected chi connectivity index (χ4v) is 4.37. The van der Waals surface area contributed by atoms with Gasteiger partial charge in [0.25, 0.3) is 0 Å². The van der Waals surface area contributed by atoms with Crippen molar-refractivity contribution in [1.82, 2.24) is 0 Å². The van der Waals surface area contributed by atoms with Gasteiger partial charge in [0, 0.05) is 0 Å². The zero-order valence-corrected chi connectivity index (χ0v) is 13.6. The minimum Gasteiger partial charge on any atom is -0.465 e. The zero-order valence-electron chi connectivity index (χ0n) is 13.6. The molecule has 23 heavy (non-hydrogen) atoms. The van der Waals surface area contributed by atoms with Crippen molar-refractivity contribution in [2.75, 3.05) is 7.11 Å². The molecule has 0 aliphatic heterocycles. The van der Waals surface area contributed by atoms with Crippen LogP contribution in [0.25, 0.3) is 0 Å². The van der Waals surface area contributed by atoms with Crippen LogP contribution in [0.3, 0.4) is 0 Å². The lowest BCUT2D eigenvalue weighted by Gasteiger charge is -2.12. The first-order chi connectivity index (χ1) is 11.3. The molecule has 1 atom stereocenters. The summed E-state index contributed by atoms with van der Waals surface area (Å²) in [4.78, 5) is 12.0. The second-order valence-corrected chi connectivity index (χ2v) is 6.82. The van der Waals surface area contributed by atoms with Crippen LogP contribution in [-0.2, 0) is 36.8 Å². The standard InChI is InChI=1S/C21H22O2/c1-23-21(22)19-7-3-2-5-16(19)11-14-12-17-10-9-15-6-4-8-18(15)20(17)13-14/h2-3,5,7,9-10,14H,4,6,8,11-13H2,1H3. The van der Waals surface area contributed by atoms with Crippen LogP contribution in [0.1, 0.15) is 44.6 Å². The van der Waals surface area contributed by atoms with E-state index in [-0.39, 0.29) is 5.97 Å². The first kappa shape index (κ1) is 14.5. The van der Waals surface area contributed by atoms with E-state index in [4.69, 9.17) is 4.74 Å². The monoisotopic (exact) mass is 306 g/mol. The molecule has 2 aliphatic rings. The van der Waals surface area contributed by atoms with Crippen molar-refractivity contribution in [3.8, 4) is 0 Å². The number of aryl methyl sites for hydroxylation is 1. The molecule has 118 valence electrons. The number of hydrogen-bond donors (Lipinski definition) is 0. The predicted octanol–water partition coefficient (Wildman–Crippen LogP) is 3.92. The summed E-state index contributed by atoms with van der Waals surface area (Å²) in [6.45, 7) is 0. The van der Waals surface area contributed by atoms with E-state index in [9.17, 15) is 4.79 Å². The Hall–Kier alpha value is -2.09. The molecule has 0 saturated heterocycles. The van der Waals surface area contributed by atoms with Crippen molar-refractivity contribution >= 4 is 5.97 Å². The van der Waals surface area contributed by atoms with Gasteiger partial charge < -0.3 is 4.74 Å². The largest absolute Gasteiger partial charge is 0.465 e. The molecule has 0 amide bonds. The molecular formula is C21H22O2. The molecule has 2 nitrogen and oxygen atoms in total. The molecule has 0 N–H and O–H groups in total. The van der Waals surface area contributed by atoms with Gasteiger partial charge >= 0.3 is 5.97 Å². The van der Waals surface area contributed by atoms with Gasteiger partial charge in [-0.05, 0) is 78.3 Å². The molecule has 0 fully saturated rings. The van der Waals surface area contributed by atoms with Gasteiger partial charge in [0.15, 0.2) is 0 Å². The Morgan fingerprint density at radius 1 is 1.04 bits per heavy atom. The van der Waals surface area contributed by atoms with Crippen LogP contribution in [-0.4, -0.2) is 13.1 Å². The Balaban J connectivity index is 1.57. The van der Waals surface area contributed by atoms with Gasteiger partial charge in [0.1, 0.15) is 0 Å². The molecule has 0 saturated carbocycles. The average molecular weight is 306 g/mol. The van der Waals surface area contributed by atoms with Gasteiger partial charge in [-0.2, -0.15) is 0 Å². The van der Waals surface area contributed by atoms with E-state index < -0.39 is 0 Å². The molecule has 2 aromatic carbocycles. The highest BCUT2D eigenvalue weighted by atomic mass is 16.5. The quantitative estimate of drug-likeness (QED) is 0.803. The molecule has 0 radical (unpaired) electrons. The molecule has 0 spiro atoms. The predicted molar refractivity (Wildman–Crippen MR) is 90.9 cm³/mol. The van der Waals surface area contributed by atoms with Gasteiger partial charge in [-0.1, -0.05) is 30.3 Å². The summed E-state index contributed by atoms with van der Waals surface area (Å²) < 4.78 is 4.92. The lowest BCUT2D eigenvalue weighted by Crippen LogP contribution is -2.10. The molecule has 4 rings (SSSR count). The molecular weight excluding hydrogens is 284 g/mol. The normalized spacial score (nSPS) is 18.6. The number of carbonyl (C=O) groups is 1.